The van der Waals surface area contributed by atoms with Crippen LogP contribution in [0.1, 0.15) is 5.69 Å². The van der Waals surface area contributed by atoms with E-state index in [1.807, 2.05) is 0 Å². The van der Waals surface area contributed by atoms with Gasteiger partial charge < -0.3 is 5.32 Å². The molecule has 0 atom stereocenters. The van der Waals surface area contributed by atoms with E-state index in [0.29, 0.717) is 23.9 Å². The molecule has 102 valence electrons. The highest BCUT2D eigenvalue weighted by molar-refractivity contribution is 7.92. The predicted molar refractivity (Wildman–Crippen MR) is 75.3 cm³/mol. The molecule has 0 unspecified atom stereocenters. The van der Waals surface area contributed by atoms with Gasteiger partial charge in [-0.15, -0.1) is 0 Å². The Labute approximate surface area is 116 Å². The molecule has 6 nitrogen and oxygen atoms in total. The number of nitrogens with zero attached hydrogens (tertiary/aromatic N) is 3. The molecule has 1 aromatic heterocycles. The molecule has 1 aromatic carbocycles. The van der Waals surface area contributed by atoms with Crippen LogP contribution >= 0.6 is 0 Å². The number of hydrogen-bond donors (Lipinski definition) is 1. The molecule has 0 amide bonds. The molecule has 7 heteroatoms. The van der Waals surface area contributed by atoms with E-state index in [4.69, 9.17) is 0 Å². The number of anilines is 1. The lowest BCUT2D eigenvalue weighted by Gasteiger charge is -2.16. The summed E-state index contributed by atoms with van der Waals surface area (Å²) in [6.07, 6.45) is 3.14. The lowest BCUT2D eigenvalue weighted by Crippen LogP contribution is -2.27. The molecule has 1 N–H and O–H groups in total. The zero-order valence-electron chi connectivity index (χ0n) is 10.5. The van der Waals surface area contributed by atoms with Crippen LogP contribution in [0.2, 0.25) is 0 Å². The van der Waals surface area contributed by atoms with Crippen LogP contribution in [0.5, 0.6) is 0 Å². The SMILES string of the molecule is O=S(=O)(CC1=NCc2nccnc2N1)c1ccccc1. The molecule has 2 heterocycles. The van der Waals surface area contributed by atoms with Gasteiger partial charge >= 0.3 is 0 Å². The van der Waals surface area contributed by atoms with Gasteiger partial charge in [-0.25, -0.2) is 13.4 Å². The summed E-state index contributed by atoms with van der Waals surface area (Å²) in [5, 5.41) is 2.92. The molecule has 3 rings (SSSR count). The first-order valence-electron chi connectivity index (χ1n) is 6.03. The number of hydrogen-bond acceptors (Lipinski definition) is 6. The number of aromatic nitrogens is 2. The fourth-order valence-electron chi connectivity index (χ4n) is 1.91. The van der Waals surface area contributed by atoms with Gasteiger partial charge in [0, 0.05) is 12.4 Å². The average Bonchev–Trinajstić information content (AvgIpc) is 2.48. The molecule has 1 aliphatic rings. The van der Waals surface area contributed by atoms with Gasteiger partial charge in [-0.3, -0.25) is 9.98 Å². The van der Waals surface area contributed by atoms with Crippen LogP contribution in [0, 0.1) is 0 Å². The van der Waals surface area contributed by atoms with Crippen LogP contribution in [0.15, 0.2) is 52.6 Å². The van der Waals surface area contributed by atoms with Crippen molar-refractivity contribution in [2.75, 3.05) is 11.1 Å². The van der Waals surface area contributed by atoms with Crippen molar-refractivity contribution in [2.45, 2.75) is 11.4 Å². The van der Waals surface area contributed by atoms with Crippen LogP contribution in [0.25, 0.3) is 0 Å². The van der Waals surface area contributed by atoms with Crippen molar-refractivity contribution in [3.8, 4) is 0 Å². The number of nitrogens with one attached hydrogen (secondary N) is 1. The Morgan fingerprint density at radius 1 is 1.10 bits per heavy atom. The van der Waals surface area contributed by atoms with Crippen molar-refractivity contribution in [3.63, 3.8) is 0 Å². The Bertz CT molecular complexity index is 757. The molecule has 0 bridgehead atoms. The van der Waals surface area contributed by atoms with Crippen LogP contribution in [-0.2, 0) is 16.4 Å². The zero-order valence-corrected chi connectivity index (χ0v) is 11.3. The van der Waals surface area contributed by atoms with E-state index < -0.39 is 9.84 Å². The maximum Gasteiger partial charge on any atom is 0.185 e. The summed E-state index contributed by atoms with van der Waals surface area (Å²) in [6, 6.07) is 8.33. The van der Waals surface area contributed by atoms with E-state index in [-0.39, 0.29) is 10.6 Å². The molecule has 20 heavy (non-hydrogen) atoms. The highest BCUT2D eigenvalue weighted by Gasteiger charge is 2.21. The lowest BCUT2D eigenvalue weighted by molar-refractivity contribution is 0.599. The summed E-state index contributed by atoms with van der Waals surface area (Å²) in [4.78, 5) is 12.7. The van der Waals surface area contributed by atoms with E-state index >= 15 is 0 Å². The Morgan fingerprint density at radius 2 is 1.85 bits per heavy atom. The van der Waals surface area contributed by atoms with Crippen molar-refractivity contribution in [2.24, 2.45) is 4.99 Å². The Hall–Kier alpha value is -2.28. The van der Waals surface area contributed by atoms with Gasteiger partial charge in [-0.05, 0) is 12.1 Å². The van der Waals surface area contributed by atoms with E-state index in [9.17, 15) is 8.42 Å². The third-order valence-electron chi connectivity index (χ3n) is 2.89. The first-order valence-corrected chi connectivity index (χ1v) is 7.68. The first kappa shape index (κ1) is 12.7. The summed E-state index contributed by atoms with van der Waals surface area (Å²) in [7, 11) is -3.40. The number of benzene rings is 1. The van der Waals surface area contributed by atoms with Crippen LogP contribution in [-0.4, -0.2) is 30.0 Å². The lowest BCUT2D eigenvalue weighted by atomic mass is 10.3. The Balaban J connectivity index is 1.82. The second-order valence-corrected chi connectivity index (χ2v) is 6.30. The molecule has 2 aromatic rings. The zero-order chi connectivity index (χ0) is 14.0. The van der Waals surface area contributed by atoms with Crippen molar-refractivity contribution >= 4 is 21.5 Å². The number of rotatable bonds is 3. The predicted octanol–water partition coefficient (Wildman–Crippen LogP) is 1.27. The number of aliphatic imine (C=N–C) groups is 1. The quantitative estimate of drug-likeness (QED) is 0.919. The molecular formula is C13H12N4O2S. The van der Waals surface area contributed by atoms with Gasteiger partial charge in [0.1, 0.15) is 17.3 Å². The monoisotopic (exact) mass is 288 g/mol. The molecule has 0 radical (unpaired) electrons. The van der Waals surface area contributed by atoms with Crippen molar-refractivity contribution in [3.05, 3.63) is 48.4 Å². The van der Waals surface area contributed by atoms with Gasteiger partial charge in [-0.1, -0.05) is 18.2 Å². The molecular weight excluding hydrogens is 276 g/mol. The Morgan fingerprint density at radius 3 is 2.65 bits per heavy atom. The molecule has 0 saturated carbocycles. The van der Waals surface area contributed by atoms with E-state index in [1.54, 1.807) is 42.7 Å². The summed E-state index contributed by atoms with van der Waals surface area (Å²) >= 11 is 0. The number of sulfone groups is 1. The number of amidine groups is 1. The van der Waals surface area contributed by atoms with E-state index in [1.165, 1.54) is 0 Å². The molecule has 0 saturated heterocycles. The summed E-state index contributed by atoms with van der Waals surface area (Å²) in [5.74, 6) is 0.787. The second kappa shape index (κ2) is 5.01. The van der Waals surface area contributed by atoms with Gasteiger partial charge in [0.15, 0.2) is 15.7 Å². The molecule has 1 aliphatic heterocycles. The fourth-order valence-corrected chi connectivity index (χ4v) is 3.17. The van der Waals surface area contributed by atoms with E-state index in [0.717, 1.165) is 0 Å². The van der Waals surface area contributed by atoms with Crippen LogP contribution in [0.4, 0.5) is 5.82 Å². The van der Waals surface area contributed by atoms with Crippen LogP contribution in [0.3, 0.4) is 0 Å². The van der Waals surface area contributed by atoms with Gasteiger partial charge in [0.05, 0.1) is 11.4 Å². The fraction of sp³-hybridized carbons (Fsp3) is 0.154. The minimum absolute atomic E-state index is 0.174. The van der Waals surface area contributed by atoms with E-state index in [2.05, 4.69) is 20.3 Å². The molecule has 0 spiro atoms. The van der Waals surface area contributed by atoms with Gasteiger partial charge in [-0.2, -0.15) is 0 Å². The minimum Gasteiger partial charge on any atom is -0.326 e. The first-order chi connectivity index (χ1) is 9.65. The van der Waals surface area contributed by atoms with Gasteiger partial charge in [0.25, 0.3) is 0 Å². The van der Waals surface area contributed by atoms with Crippen molar-refractivity contribution in [1.29, 1.82) is 0 Å². The largest absolute Gasteiger partial charge is 0.326 e. The maximum atomic E-state index is 12.3. The summed E-state index contributed by atoms with van der Waals surface area (Å²) < 4.78 is 24.5. The van der Waals surface area contributed by atoms with Gasteiger partial charge in [0.2, 0.25) is 0 Å². The van der Waals surface area contributed by atoms with Crippen LogP contribution < -0.4 is 5.32 Å². The standard InChI is InChI=1S/C13H12N4O2S/c18-20(19,10-4-2-1-3-5-10)9-12-16-8-11-13(17-12)15-7-6-14-11/h1-7H,8-9H2,(H,15,16,17). The topological polar surface area (TPSA) is 84.3 Å². The average molecular weight is 288 g/mol. The summed E-state index contributed by atoms with van der Waals surface area (Å²) in [5.41, 5.74) is 0.716. The maximum absolute atomic E-state index is 12.3. The van der Waals surface area contributed by atoms with Crippen molar-refractivity contribution in [1.82, 2.24) is 9.97 Å². The highest BCUT2D eigenvalue weighted by atomic mass is 32.2. The van der Waals surface area contributed by atoms with Crippen molar-refractivity contribution < 1.29 is 8.42 Å². The Kier molecular flexibility index (Phi) is 3.19. The smallest absolute Gasteiger partial charge is 0.185 e. The minimum atomic E-state index is -3.40. The highest BCUT2D eigenvalue weighted by Crippen LogP contribution is 2.17. The summed E-state index contributed by atoms with van der Waals surface area (Å²) in [6.45, 7) is 0.343. The normalized spacial score (nSPS) is 14.1. The second-order valence-electron chi connectivity index (χ2n) is 4.31. The molecule has 0 fully saturated rings. The molecule has 0 aliphatic carbocycles. The number of fused-ring (bicyclic) bond motifs is 1. The third-order valence-corrected chi connectivity index (χ3v) is 4.53. The third kappa shape index (κ3) is 2.53.